The third-order valence-corrected chi connectivity index (χ3v) is 1.65. The summed E-state index contributed by atoms with van der Waals surface area (Å²) in [6.07, 6.45) is -1.28. The van der Waals surface area contributed by atoms with E-state index in [0.717, 1.165) is 5.69 Å². The van der Waals surface area contributed by atoms with Crippen LogP contribution in [0.1, 0.15) is 17.5 Å². The van der Waals surface area contributed by atoms with E-state index < -0.39 is 18.1 Å². The first-order chi connectivity index (χ1) is 6.02. The lowest BCUT2D eigenvalue weighted by Crippen LogP contribution is -2.36. The van der Waals surface area contributed by atoms with Crippen LogP contribution in [0.3, 0.4) is 0 Å². The Bertz CT molecular complexity index is 310. The number of aliphatic hydroxyl groups excluding tert-OH is 1. The second kappa shape index (κ2) is 3.55. The van der Waals surface area contributed by atoms with Crippen molar-refractivity contribution >= 4 is 5.97 Å². The van der Waals surface area contributed by atoms with E-state index in [1.807, 2.05) is 0 Å². The van der Waals surface area contributed by atoms with Crippen LogP contribution < -0.4 is 5.73 Å². The Labute approximate surface area is 74.4 Å². The van der Waals surface area contributed by atoms with Crippen molar-refractivity contribution in [2.45, 2.75) is 19.1 Å². The predicted octanol–water partition coefficient (Wildman–Crippen LogP) is -0.837. The van der Waals surface area contributed by atoms with Crippen LogP contribution in [0, 0.1) is 6.92 Å². The van der Waals surface area contributed by atoms with Crippen LogP contribution in [0.2, 0.25) is 0 Å². The quantitative estimate of drug-likeness (QED) is 0.490. The van der Waals surface area contributed by atoms with E-state index in [2.05, 4.69) is 10.2 Å². The summed E-state index contributed by atoms with van der Waals surface area (Å²) in [7, 11) is 0. The molecule has 0 fully saturated rings. The van der Waals surface area contributed by atoms with Crippen LogP contribution in [0.4, 0.5) is 0 Å². The van der Waals surface area contributed by atoms with Crippen molar-refractivity contribution < 1.29 is 15.0 Å². The van der Waals surface area contributed by atoms with Crippen LogP contribution in [0.25, 0.3) is 0 Å². The summed E-state index contributed by atoms with van der Waals surface area (Å²) >= 11 is 0. The molecule has 1 rings (SSSR count). The third kappa shape index (κ3) is 2.04. The molecular weight excluding hydrogens is 174 g/mol. The molecule has 0 aliphatic rings. The topological polar surface area (TPSA) is 112 Å². The highest BCUT2D eigenvalue weighted by Crippen LogP contribution is 2.13. The number of nitrogens with one attached hydrogen (secondary N) is 1. The van der Waals surface area contributed by atoms with E-state index in [1.165, 1.54) is 0 Å². The molecule has 0 aromatic carbocycles. The Kier molecular flexibility index (Phi) is 2.64. The standard InChI is InChI=1S/C7H11N3O3/c1-3-2-4(10-9-3)6(11)5(8)7(12)13/h2,5-6,11H,8H2,1H3,(H,9,10)(H,12,13). The van der Waals surface area contributed by atoms with Crippen molar-refractivity contribution in [1.29, 1.82) is 0 Å². The largest absolute Gasteiger partial charge is 0.480 e. The number of nitrogens with zero attached hydrogens (tertiary/aromatic N) is 1. The number of H-pyrrole nitrogens is 1. The van der Waals surface area contributed by atoms with E-state index in [9.17, 15) is 9.90 Å². The minimum atomic E-state index is -1.34. The number of nitrogens with two attached hydrogens (primary N) is 1. The van der Waals surface area contributed by atoms with Gasteiger partial charge in [0, 0.05) is 5.69 Å². The number of carboxylic acid groups (broad SMARTS) is 1. The molecule has 72 valence electrons. The van der Waals surface area contributed by atoms with E-state index in [1.54, 1.807) is 13.0 Å². The number of rotatable bonds is 3. The minimum Gasteiger partial charge on any atom is -0.480 e. The van der Waals surface area contributed by atoms with Gasteiger partial charge >= 0.3 is 5.97 Å². The first-order valence-electron chi connectivity index (χ1n) is 3.70. The molecule has 1 aromatic rings. The van der Waals surface area contributed by atoms with Crippen LogP contribution in [0.15, 0.2) is 6.07 Å². The molecular formula is C7H11N3O3. The van der Waals surface area contributed by atoms with Crippen LogP contribution in [-0.2, 0) is 4.79 Å². The van der Waals surface area contributed by atoms with Gasteiger partial charge in [0.2, 0.25) is 0 Å². The van der Waals surface area contributed by atoms with Gasteiger partial charge in [0.25, 0.3) is 0 Å². The van der Waals surface area contributed by atoms with Gasteiger partial charge in [-0.05, 0) is 13.0 Å². The molecule has 0 bridgehead atoms. The van der Waals surface area contributed by atoms with Crippen molar-refractivity contribution in [3.63, 3.8) is 0 Å². The lowest BCUT2D eigenvalue weighted by atomic mass is 10.1. The molecule has 0 saturated heterocycles. The second-order valence-corrected chi connectivity index (χ2v) is 2.78. The molecule has 2 atom stereocenters. The Hall–Kier alpha value is -1.40. The number of aliphatic hydroxyl groups is 1. The van der Waals surface area contributed by atoms with Gasteiger partial charge in [-0.25, -0.2) is 0 Å². The summed E-state index contributed by atoms with van der Waals surface area (Å²) in [6.45, 7) is 1.75. The number of aryl methyl sites for hydroxylation is 1. The molecule has 0 aliphatic heterocycles. The molecule has 13 heavy (non-hydrogen) atoms. The highest BCUT2D eigenvalue weighted by Gasteiger charge is 2.25. The molecule has 6 heteroatoms. The smallest absolute Gasteiger partial charge is 0.323 e. The molecule has 6 nitrogen and oxygen atoms in total. The summed E-state index contributed by atoms with van der Waals surface area (Å²) in [5.41, 5.74) is 6.18. The maximum Gasteiger partial charge on any atom is 0.323 e. The Morgan fingerprint density at radius 2 is 2.38 bits per heavy atom. The first kappa shape index (κ1) is 9.69. The molecule has 0 spiro atoms. The van der Waals surface area contributed by atoms with Gasteiger partial charge < -0.3 is 15.9 Å². The highest BCUT2D eigenvalue weighted by atomic mass is 16.4. The predicted molar refractivity (Wildman–Crippen MR) is 43.9 cm³/mol. The van der Waals surface area contributed by atoms with Crippen LogP contribution in [0.5, 0.6) is 0 Å². The average Bonchev–Trinajstić information content (AvgIpc) is 2.49. The molecule has 5 N–H and O–H groups in total. The highest BCUT2D eigenvalue weighted by molar-refractivity contribution is 5.74. The Morgan fingerprint density at radius 3 is 2.77 bits per heavy atom. The lowest BCUT2D eigenvalue weighted by Gasteiger charge is -2.11. The fourth-order valence-corrected chi connectivity index (χ4v) is 0.910. The summed E-state index contributed by atoms with van der Waals surface area (Å²) in [6, 6.07) is 0.204. The lowest BCUT2D eigenvalue weighted by molar-refractivity contribution is -0.141. The number of aromatic amines is 1. The zero-order chi connectivity index (χ0) is 10.0. The fourth-order valence-electron chi connectivity index (χ4n) is 0.910. The average molecular weight is 185 g/mol. The maximum absolute atomic E-state index is 10.4. The van der Waals surface area contributed by atoms with Gasteiger partial charge in [0.15, 0.2) is 0 Å². The molecule has 1 heterocycles. The molecule has 0 radical (unpaired) electrons. The van der Waals surface area contributed by atoms with Crippen LogP contribution in [-0.4, -0.2) is 32.4 Å². The summed E-state index contributed by atoms with van der Waals surface area (Å²) < 4.78 is 0. The van der Waals surface area contributed by atoms with Gasteiger partial charge in [-0.1, -0.05) is 0 Å². The maximum atomic E-state index is 10.4. The van der Waals surface area contributed by atoms with Crippen molar-refractivity contribution in [3.05, 3.63) is 17.5 Å². The number of aromatic nitrogens is 2. The Balaban J connectivity index is 2.78. The van der Waals surface area contributed by atoms with Gasteiger partial charge in [0.05, 0.1) is 5.69 Å². The summed E-state index contributed by atoms with van der Waals surface area (Å²) in [5, 5.41) is 24.2. The number of hydrogen-bond acceptors (Lipinski definition) is 4. The van der Waals surface area contributed by atoms with Gasteiger partial charge in [-0.2, -0.15) is 5.10 Å². The molecule has 0 saturated carbocycles. The van der Waals surface area contributed by atoms with Gasteiger partial charge in [-0.15, -0.1) is 0 Å². The summed E-state index contributed by atoms with van der Waals surface area (Å²) in [4.78, 5) is 10.4. The van der Waals surface area contributed by atoms with E-state index in [-0.39, 0.29) is 5.69 Å². The van der Waals surface area contributed by atoms with E-state index >= 15 is 0 Å². The monoisotopic (exact) mass is 185 g/mol. The van der Waals surface area contributed by atoms with E-state index in [0.29, 0.717) is 0 Å². The summed E-state index contributed by atoms with van der Waals surface area (Å²) in [5.74, 6) is -1.26. The van der Waals surface area contributed by atoms with Gasteiger partial charge in [-0.3, -0.25) is 9.89 Å². The van der Waals surface area contributed by atoms with Crippen molar-refractivity contribution in [2.75, 3.05) is 0 Å². The minimum absolute atomic E-state index is 0.243. The zero-order valence-corrected chi connectivity index (χ0v) is 7.06. The van der Waals surface area contributed by atoms with E-state index in [4.69, 9.17) is 10.8 Å². The molecule has 2 unspecified atom stereocenters. The second-order valence-electron chi connectivity index (χ2n) is 2.78. The number of carboxylic acids is 1. The van der Waals surface area contributed by atoms with Crippen molar-refractivity contribution in [1.82, 2.24) is 10.2 Å². The number of hydrogen-bond donors (Lipinski definition) is 4. The Morgan fingerprint density at radius 1 is 1.77 bits per heavy atom. The molecule has 0 aliphatic carbocycles. The molecule has 0 amide bonds. The molecule has 1 aromatic heterocycles. The first-order valence-corrected chi connectivity index (χ1v) is 3.70. The number of aliphatic carboxylic acids is 1. The van der Waals surface area contributed by atoms with Crippen LogP contribution >= 0.6 is 0 Å². The fraction of sp³-hybridized carbons (Fsp3) is 0.429. The zero-order valence-electron chi connectivity index (χ0n) is 7.06. The van der Waals surface area contributed by atoms with Crippen molar-refractivity contribution in [2.24, 2.45) is 5.73 Å². The normalized spacial score (nSPS) is 15.3. The van der Waals surface area contributed by atoms with Crippen molar-refractivity contribution in [3.8, 4) is 0 Å². The van der Waals surface area contributed by atoms with Gasteiger partial charge in [0.1, 0.15) is 12.1 Å². The number of carbonyl (C=O) groups is 1. The SMILES string of the molecule is Cc1cc(C(O)C(N)C(=O)O)n[nH]1. The third-order valence-electron chi connectivity index (χ3n) is 1.65.